The molecule has 0 saturated carbocycles. The highest BCUT2D eigenvalue weighted by Crippen LogP contribution is 2.31. The molecular weight excluding hydrogens is 382 g/mol. The number of aromatic nitrogens is 1. The Labute approximate surface area is 167 Å². The number of nitro benzene ring substituents is 1. The smallest absolute Gasteiger partial charge is 0.410 e. The van der Waals surface area contributed by atoms with Gasteiger partial charge in [0.25, 0.3) is 10.9 Å². The predicted molar refractivity (Wildman–Crippen MR) is 107 cm³/mol. The zero-order valence-corrected chi connectivity index (χ0v) is 17.2. The summed E-state index contributed by atoms with van der Waals surface area (Å²) >= 11 is 1.38. The number of benzene rings is 1. The third-order valence-corrected chi connectivity index (χ3v) is 5.43. The number of thiazole rings is 1. The van der Waals surface area contributed by atoms with Crippen LogP contribution in [-0.4, -0.2) is 46.2 Å². The number of hydrogen-bond acceptors (Lipinski definition) is 7. The van der Waals surface area contributed by atoms with E-state index in [1.807, 2.05) is 20.8 Å². The van der Waals surface area contributed by atoms with Gasteiger partial charge in [-0.3, -0.25) is 10.1 Å². The van der Waals surface area contributed by atoms with Crippen molar-refractivity contribution >= 4 is 33.3 Å². The van der Waals surface area contributed by atoms with Gasteiger partial charge in [-0.1, -0.05) is 11.3 Å². The number of rotatable bonds is 5. The van der Waals surface area contributed by atoms with E-state index in [0.29, 0.717) is 29.8 Å². The molecule has 0 bridgehead atoms. The Balaban J connectivity index is 1.51. The minimum Gasteiger partial charge on any atom is -0.470 e. The van der Waals surface area contributed by atoms with Crippen LogP contribution in [0, 0.1) is 16.0 Å². The van der Waals surface area contributed by atoms with Gasteiger partial charge in [-0.25, -0.2) is 9.78 Å². The third-order valence-electron chi connectivity index (χ3n) is 4.48. The molecule has 8 nitrogen and oxygen atoms in total. The largest absolute Gasteiger partial charge is 0.470 e. The van der Waals surface area contributed by atoms with Gasteiger partial charge in [0.1, 0.15) is 5.60 Å². The maximum absolute atomic E-state index is 12.2. The second-order valence-corrected chi connectivity index (χ2v) is 8.95. The monoisotopic (exact) mass is 407 g/mol. The van der Waals surface area contributed by atoms with E-state index < -0.39 is 10.5 Å². The number of carbonyl (C=O) groups excluding carboxylic acids is 1. The number of nitrogens with zero attached hydrogens (tertiary/aromatic N) is 3. The van der Waals surface area contributed by atoms with E-state index in [1.54, 1.807) is 11.0 Å². The molecule has 0 unspecified atom stereocenters. The number of likely N-dealkylation sites (tertiary alicyclic amines) is 1. The molecule has 1 fully saturated rings. The maximum Gasteiger partial charge on any atom is 0.410 e. The van der Waals surface area contributed by atoms with Crippen LogP contribution in [0.25, 0.3) is 10.2 Å². The fourth-order valence-electron chi connectivity index (χ4n) is 3.18. The minimum atomic E-state index is -0.491. The van der Waals surface area contributed by atoms with E-state index in [0.717, 1.165) is 30.5 Å². The Morgan fingerprint density at radius 2 is 2.21 bits per heavy atom. The van der Waals surface area contributed by atoms with Crippen molar-refractivity contribution in [3.63, 3.8) is 0 Å². The van der Waals surface area contributed by atoms with Gasteiger partial charge >= 0.3 is 6.09 Å². The lowest BCUT2D eigenvalue weighted by molar-refractivity contribution is -0.384. The van der Waals surface area contributed by atoms with Crippen molar-refractivity contribution in [2.75, 3.05) is 19.7 Å². The average molecular weight is 407 g/mol. The first kappa shape index (κ1) is 20.3. The van der Waals surface area contributed by atoms with E-state index in [2.05, 4.69) is 4.98 Å². The Hall–Kier alpha value is -2.42. The molecule has 9 heteroatoms. The molecule has 152 valence electrons. The van der Waals surface area contributed by atoms with Crippen LogP contribution < -0.4 is 4.74 Å². The summed E-state index contributed by atoms with van der Waals surface area (Å²) in [5, 5.41) is 11.4. The molecule has 2 heterocycles. The topological polar surface area (TPSA) is 94.8 Å². The fraction of sp³-hybridized carbons (Fsp3) is 0.579. The van der Waals surface area contributed by atoms with Gasteiger partial charge in [-0.2, -0.15) is 0 Å². The first-order chi connectivity index (χ1) is 13.2. The summed E-state index contributed by atoms with van der Waals surface area (Å²) in [5.41, 5.74) is 0.103. The normalized spacial score (nSPS) is 17.5. The lowest BCUT2D eigenvalue weighted by atomic mass is 9.95. The number of nitro groups is 1. The summed E-state index contributed by atoms with van der Waals surface area (Å²) in [6.45, 7) is 7.49. The number of amides is 1. The van der Waals surface area contributed by atoms with Crippen LogP contribution in [0.3, 0.4) is 0 Å². The number of non-ortho nitro benzene ring substituents is 1. The molecule has 1 aliphatic heterocycles. The van der Waals surface area contributed by atoms with Gasteiger partial charge in [0.05, 0.1) is 21.7 Å². The van der Waals surface area contributed by atoms with Crippen LogP contribution in [0.15, 0.2) is 18.2 Å². The van der Waals surface area contributed by atoms with Crippen LogP contribution >= 0.6 is 11.3 Å². The van der Waals surface area contributed by atoms with Gasteiger partial charge < -0.3 is 14.4 Å². The van der Waals surface area contributed by atoms with Gasteiger partial charge in [-0.15, -0.1) is 0 Å². The van der Waals surface area contributed by atoms with Gasteiger partial charge in [-0.05, 0) is 52.0 Å². The summed E-state index contributed by atoms with van der Waals surface area (Å²) < 4.78 is 12.1. The highest BCUT2D eigenvalue weighted by Gasteiger charge is 2.27. The van der Waals surface area contributed by atoms with E-state index in [1.165, 1.54) is 23.5 Å². The van der Waals surface area contributed by atoms with Crippen LogP contribution in [0.4, 0.5) is 10.5 Å². The van der Waals surface area contributed by atoms with Crippen molar-refractivity contribution in [1.29, 1.82) is 0 Å². The highest BCUT2D eigenvalue weighted by atomic mass is 32.1. The van der Waals surface area contributed by atoms with Gasteiger partial charge in [0.2, 0.25) is 0 Å². The quantitative estimate of drug-likeness (QED) is 0.530. The average Bonchev–Trinajstić information content (AvgIpc) is 3.02. The molecule has 1 aliphatic rings. The molecule has 0 N–H and O–H groups in total. The Bertz CT molecular complexity index is 861. The van der Waals surface area contributed by atoms with Crippen LogP contribution in [0.1, 0.15) is 40.0 Å². The summed E-state index contributed by atoms with van der Waals surface area (Å²) in [5.74, 6) is 0.358. The van der Waals surface area contributed by atoms with Gasteiger partial charge in [0, 0.05) is 25.2 Å². The molecular formula is C19H25N3O5S. The second-order valence-electron chi connectivity index (χ2n) is 7.96. The van der Waals surface area contributed by atoms with E-state index >= 15 is 0 Å². The molecule has 2 aromatic rings. The zero-order valence-electron chi connectivity index (χ0n) is 16.3. The number of ether oxygens (including phenoxy) is 2. The molecule has 1 aromatic carbocycles. The molecule has 0 radical (unpaired) electrons. The van der Waals surface area contributed by atoms with Crippen LogP contribution in [-0.2, 0) is 4.74 Å². The number of piperidine rings is 1. The lowest BCUT2D eigenvalue weighted by Gasteiger charge is -2.34. The lowest BCUT2D eigenvalue weighted by Crippen LogP contribution is -2.43. The predicted octanol–water partition coefficient (Wildman–Crippen LogP) is 4.62. The number of hydrogen-bond donors (Lipinski definition) is 0. The molecule has 1 amide bonds. The molecule has 1 saturated heterocycles. The summed E-state index contributed by atoms with van der Waals surface area (Å²) in [6.07, 6.45) is 2.56. The Morgan fingerprint density at radius 1 is 1.43 bits per heavy atom. The van der Waals surface area contributed by atoms with Crippen LogP contribution in [0.5, 0.6) is 5.19 Å². The third kappa shape index (κ3) is 5.31. The Morgan fingerprint density at radius 3 is 2.93 bits per heavy atom. The van der Waals surface area contributed by atoms with Crippen molar-refractivity contribution in [2.45, 2.75) is 45.6 Å². The zero-order chi connectivity index (χ0) is 20.3. The highest BCUT2D eigenvalue weighted by molar-refractivity contribution is 7.20. The maximum atomic E-state index is 12.2. The molecule has 3 rings (SSSR count). The SMILES string of the molecule is CC(C)(C)OC(=O)N1CCC[C@H](CCOc2nc3cc([N+](=O)[O-])ccc3s2)C1. The van der Waals surface area contributed by atoms with Gasteiger partial charge in [0.15, 0.2) is 0 Å². The first-order valence-corrected chi connectivity index (χ1v) is 10.2. The van der Waals surface area contributed by atoms with Crippen molar-refractivity contribution in [1.82, 2.24) is 9.88 Å². The van der Waals surface area contributed by atoms with Crippen LogP contribution in [0.2, 0.25) is 0 Å². The molecule has 1 aromatic heterocycles. The second kappa shape index (κ2) is 8.30. The number of fused-ring (bicyclic) bond motifs is 1. The summed E-state index contributed by atoms with van der Waals surface area (Å²) in [7, 11) is 0. The molecule has 0 spiro atoms. The summed E-state index contributed by atoms with van der Waals surface area (Å²) in [4.78, 5) is 28.8. The molecule has 1 atom stereocenters. The van der Waals surface area contributed by atoms with E-state index in [4.69, 9.17) is 9.47 Å². The first-order valence-electron chi connectivity index (χ1n) is 9.37. The minimum absolute atomic E-state index is 0.0220. The van der Waals surface area contributed by atoms with Crippen molar-refractivity contribution in [2.24, 2.45) is 5.92 Å². The van der Waals surface area contributed by atoms with E-state index in [-0.39, 0.29) is 11.8 Å². The van der Waals surface area contributed by atoms with Crippen molar-refractivity contribution in [3.8, 4) is 5.19 Å². The number of carbonyl (C=O) groups is 1. The Kier molecular flexibility index (Phi) is 6.02. The fourth-order valence-corrected chi connectivity index (χ4v) is 4.00. The van der Waals surface area contributed by atoms with Crippen molar-refractivity contribution in [3.05, 3.63) is 28.3 Å². The van der Waals surface area contributed by atoms with Crippen molar-refractivity contribution < 1.29 is 19.2 Å². The standard InChI is InChI=1S/C19H25N3O5S/c1-19(2,3)27-18(23)21-9-4-5-13(12-21)8-10-26-17-20-15-11-14(22(24)25)6-7-16(15)28-17/h6-7,11,13H,4-5,8-10,12H2,1-3H3/t13-/m1/s1. The molecule has 0 aliphatic carbocycles. The summed E-state index contributed by atoms with van der Waals surface area (Å²) in [6, 6.07) is 4.62. The molecule has 28 heavy (non-hydrogen) atoms. The van der Waals surface area contributed by atoms with E-state index in [9.17, 15) is 14.9 Å².